The summed E-state index contributed by atoms with van der Waals surface area (Å²) in [4.78, 5) is 26.9. The number of piperazine rings is 1. The normalized spacial score (nSPS) is 20.7. The Morgan fingerprint density at radius 2 is 1.82 bits per heavy atom. The molecule has 0 spiro atoms. The van der Waals surface area contributed by atoms with Gasteiger partial charge in [0.2, 0.25) is 0 Å². The molecule has 0 aromatic heterocycles. The number of rotatable bonds is 7. The molecule has 2 aromatic carbocycles. The Balaban J connectivity index is 1.32. The number of nitrogens with zero attached hydrogens (tertiary/aromatic N) is 2. The first kappa shape index (κ1) is 28.1. The van der Waals surface area contributed by atoms with E-state index in [0.29, 0.717) is 56.1 Å². The number of hydrogen-bond donors (Lipinski definition) is 1. The summed E-state index contributed by atoms with van der Waals surface area (Å²) < 4.78 is 59.4. The minimum absolute atomic E-state index is 0.0232. The molecular weight excluding hydrogens is 529 g/mol. The Morgan fingerprint density at radius 1 is 1.10 bits per heavy atom. The van der Waals surface area contributed by atoms with Crippen LogP contribution in [-0.2, 0) is 28.7 Å². The summed E-state index contributed by atoms with van der Waals surface area (Å²) in [6.07, 6.45) is -4.56. The lowest BCUT2D eigenvalue weighted by Gasteiger charge is -2.35. The van der Waals surface area contributed by atoms with E-state index < -0.39 is 29.9 Å². The summed E-state index contributed by atoms with van der Waals surface area (Å²) in [5, 5.41) is 9.12. The average molecular weight is 563 g/mol. The second-order valence-electron chi connectivity index (χ2n) is 10.8. The molecule has 0 radical (unpaired) electrons. The molecule has 1 amide bonds. The van der Waals surface area contributed by atoms with E-state index in [0.717, 1.165) is 17.2 Å². The van der Waals surface area contributed by atoms with Crippen molar-refractivity contribution in [2.24, 2.45) is 0 Å². The maximum Gasteiger partial charge on any atom is 0.416 e. The zero-order valence-electron chi connectivity index (χ0n) is 22.5. The molecule has 2 aliphatic heterocycles. The van der Waals surface area contributed by atoms with Gasteiger partial charge in [0.15, 0.2) is 0 Å². The topological polar surface area (TPSA) is 88.5 Å². The van der Waals surface area contributed by atoms with Gasteiger partial charge in [-0.3, -0.25) is 9.69 Å². The SMILES string of the molecule is CC(C)OC(=O)N1CCN(Cc2c(C(F)(F)F)ccc3c2CC[C@H]3Oc2ccc3c(c2)OC[C@H]3CC(=O)O)CC1. The number of carboxylic acid groups (broad SMARTS) is 1. The fourth-order valence-electron chi connectivity index (χ4n) is 5.77. The first-order valence-electron chi connectivity index (χ1n) is 13.5. The van der Waals surface area contributed by atoms with Gasteiger partial charge in [0, 0.05) is 50.3 Å². The van der Waals surface area contributed by atoms with Crippen LogP contribution in [0, 0.1) is 0 Å². The van der Waals surface area contributed by atoms with E-state index in [1.165, 1.54) is 6.07 Å². The summed E-state index contributed by atoms with van der Waals surface area (Å²) in [6.45, 7) is 5.65. The highest BCUT2D eigenvalue weighted by atomic mass is 19.4. The maximum atomic E-state index is 14.1. The van der Waals surface area contributed by atoms with Crippen LogP contribution in [-0.4, -0.2) is 65.9 Å². The number of aliphatic carboxylic acids is 1. The molecule has 5 rings (SSSR count). The van der Waals surface area contributed by atoms with E-state index >= 15 is 0 Å². The molecule has 2 heterocycles. The molecule has 2 aromatic rings. The third-order valence-corrected chi connectivity index (χ3v) is 7.69. The lowest BCUT2D eigenvalue weighted by molar-refractivity contribution is -0.139. The number of carbonyl (C=O) groups is 2. The van der Waals surface area contributed by atoms with Crippen molar-refractivity contribution in [2.75, 3.05) is 32.8 Å². The molecule has 2 atom stereocenters. The highest BCUT2D eigenvalue weighted by Crippen LogP contribution is 2.44. The molecule has 11 heteroatoms. The molecule has 0 saturated carbocycles. The van der Waals surface area contributed by atoms with Gasteiger partial charge in [-0.2, -0.15) is 13.2 Å². The van der Waals surface area contributed by atoms with Gasteiger partial charge in [0.05, 0.1) is 24.7 Å². The molecule has 0 bridgehead atoms. The van der Waals surface area contributed by atoms with Crippen molar-refractivity contribution in [1.82, 2.24) is 9.80 Å². The minimum atomic E-state index is -4.49. The third-order valence-electron chi connectivity index (χ3n) is 7.69. The number of benzene rings is 2. The second-order valence-corrected chi connectivity index (χ2v) is 10.8. The molecular formula is C29H33F3N2O6. The molecule has 216 valence electrons. The van der Waals surface area contributed by atoms with Crippen LogP contribution in [0.15, 0.2) is 30.3 Å². The van der Waals surface area contributed by atoms with Crippen LogP contribution in [0.2, 0.25) is 0 Å². The lowest BCUT2D eigenvalue weighted by atomic mass is 9.96. The Kier molecular flexibility index (Phi) is 7.85. The Hall–Kier alpha value is -3.47. The van der Waals surface area contributed by atoms with Crippen molar-refractivity contribution >= 4 is 12.1 Å². The van der Waals surface area contributed by atoms with Gasteiger partial charge >= 0.3 is 18.2 Å². The second kappa shape index (κ2) is 11.2. The van der Waals surface area contributed by atoms with Crippen LogP contribution < -0.4 is 9.47 Å². The minimum Gasteiger partial charge on any atom is -0.492 e. The van der Waals surface area contributed by atoms with Crippen molar-refractivity contribution in [3.8, 4) is 11.5 Å². The molecule has 3 aliphatic rings. The first-order valence-corrected chi connectivity index (χ1v) is 13.5. The first-order chi connectivity index (χ1) is 19.0. The molecule has 8 nitrogen and oxygen atoms in total. The van der Waals surface area contributed by atoms with Crippen molar-refractivity contribution in [3.05, 3.63) is 58.1 Å². The summed E-state index contributed by atoms with van der Waals surface area (Å²) in [5.74, 6) is -0.0152. The highest BCUT2D eigenvalue weighted by Gasteiger charge is 2.38. The maximum absolute atomic E-state index is 14.1. The van der Waals surface area contributed by atoms with Gasteiger partial charge in [0.1, 0.15) is 17.6 Å². The quantitative estimate of drug-likeness (QED) is 0.485. The number of alkyl halides is 3. The largest absolute Gasteiger partial charge is 0.492 e. The average Bonchev–Trinajstić information content (AvgIpc) is 3.47. The number of fused-ring (bicyclic) bond motifs is 2. The number of amides is 1. The van der Waals surface area contributed by atoms with E-state index in [2.05, 4.69) is 0 Å². The number of carbonyl (C=O) groups excluding carboxylic acids is 1. The number of carboxylic acids is 1. The number of ether oxygens (including phenoxy) is 3. The Bertz CT molecular complexity index is 1270. The molecule has 40 heavy (non-hydrogen) atoms. The van der Waals surface area contributed by atoms with E-state index in [1.807, 2.05) is 4.90 Å². The highest BCUT2D eigenvalue weighted by molar-refractivity contribution is 5.69. The monoisotopic (exact) mass is 562 g/mol. The van der Waals surface area contributed by atoms with Crippen LogP contribution in [0.5, 0.6) is 11.5 Å². The predicted molar refractivity (Wildman–Crippen MR) is 139 cm³/mol. The lowest BCUT2D eigenvalue weighted by Crippen LogP contribution is -2.49. The van der Waals surface area contributed by atoms with E-state index in [-0.39, 0.29) is 37.2 Å². The van der Waals surface area contributed by atoms with Gasteiger partial charge in [-0.05, 0) is 55.5 Å². The summed E-state index contributed by atoms with van der Waals surface area (Å²) in [7, 11) is 0. The van der Waals surface area contributed by atoms with E-state index in [1.54, 1.807) is 36.9 Å². The zero-order valence-corrected chi connectivity index (χ0v) is 22.5. The predicted octanol–water partition coefficient (Wildman–Crippen LogP) is 5.39. The van der Waals surface area contributed by atoms with Crippen LogP contribution >= 0.6 is 0 Å². The summed E-state index contributed by atoms with van der Waals surface area (Å²) in [5.41, 5.74) is 1.86. The number of hydrogen-bond acceptors (Lipinski definition) is 6. The molecule has 1 aliphatic carbocycles. The molecule has 1 saturated heterocycles. The third kappa shape index (κ3) is 5.99. The number of halogens is 3. The molecule has 0 unspecified atom stereocenters. The Labute approximate surface area is 230 Å². The van der Waals surface area contributed by atoms with Crippen molar-refractivity contribution in [2.45, 2.75) is 64.0 Å². The Morgan fingerprint density at radius 3 is 2.50 bits per heavy atom. The van der Waals surface area contributed by atoms with Crippen LogP contribution in [0.25, 0.3) is 0 Å². The summed E-state index contributed by atoms with van der Waals surface area (Å²) >= 11 is 0. The molecule has 1 N–H and O–H groups in total. The van der Waals surface area contributed by atoms with Crippen molar-refractivity contribution in [3.63, 3.8) is 0 Å². The standard InChI is InChI=1S/C29H33F3N2O6/c1-17(2)39-28(37)34-11-9-33(10-12-34)15-23-21-6-8-25(22(21)5-7-24(23)29(30,31)32)40-19-3-4-20-18(13-27(35)36)16-38-26(20)14-19/h3-5,7,14,17-18,25H,6,8-13,15-16H2,1-2H3,(H,35,36)/t18-,25-/m1/s1. The zero-order chi connectivity index (χ0) is 28.6. The van der Waals surface area contributed by atoms with E-state index in [9.17, 15) is 22.8 Å². The fourth-order valence-corrected chi connectivity index (χ4v) is 5.77. The van der Waals surface area contributed by atoms with Gasteiger partial charge < -0.3 is 24.2 Å². The van der Waals surface area contributed by atoms with Gasteiger partial charge in [-0.25, -0.2) is 4.79 Å². The van der Waals surface area contributed by atoms with Gasteiger partial charge in [-0.15, -0.1) is 0 Å². The smallest absolute Gasteiger partial charge is 0.416 e. The van der Waals surface area contributed by atoms with Crippen molar-refractivity contribution < 1.29 is 42.1 Å². The van der Waals surface area contributed by atoms with Crippen LogP contribution in [0.1, 0.15) is 66.5 Å². The van der Waals surface area contributed by atoms with Crippen LogP contribution in [0.4, 0.5) is 18.0 Å². The van der Waals surface area contributed by atoms with E-state index in [4.69, 9.17) is 19.3 Å². The van der Waals surface area contributed by atoms with Crippen LogP contribution in [0.3, 0.4) is 0 Å². The van der Waals surface area contributed by atoms with Gasteiger partial charge in [0.25, 0.3) is 0 Å². The van der Waals surface area contributed by atoms with Crippen molar-refractivity contribution in [1.29, 1.82) is 0 Å². The van der Waals surface area contributed by atoms with Gasteiger partial charge in [-0.1, -0.05) is 12.1 Å². The molecule has 1 fully saturated rings. The fraction of sp³-hybridized carbons (Fsp3) is 0.517. The summed E-state index contributed by atoms with van der Waals surface area (Å²) in [6, 6.07) is 7.95.